The van der Waals surface area contributed by atoms with Gasteiger partial charge in [-0.3, -0.25) is 19.7 Å². The molecule has 1 unspecified atom stereocenters. The molecule has 2 aliphatic rings. The number of methoxy groups -OCH3 is 2. The normalized spacial score (nSPS) is 23.1. The molecule has 2 aliphatic heterocycles. The van der Waals surface area contributed by atoms with Gasteiger partial charge in [0.25, 0.3) is 5.69 Å². The summed E-state index contributed by atoms with van der Waals surface area (Å²) < 4.78 is 10.5. The van der Waals surface area contributed by atoms with Crippen LogP contribution in [0.4, 0.5) is 11.4 Å². The molecule has 0 N–H and O–H groups in total. The molecule has 0 spiro atoms. The Bertz CT molecular complexity index is 1510. The molecule has 1 fully saturated rings. The van der Waals surface area contributed by atoms with Gasteiger partial charge >= 0.3 is 5.97 Å². The number of nitriles is 1. The van der Waals surface area contributed by atoms with Crippen LogP contribution in [0.15, 0.2) is 78.9 Å². The predicted octanol–water partition coefficient (Wildman–Crippen LogP) is 4.54. The third kappa shape index (κ3) is 3.61. The molecule has 9 heteroatoms. The Morgan fingerprint density at radius 3 is 2.45 bits per heavy atom. The van der Waals surface area contributed by atoms with E-state index in [0.29, 0.717) is 17.0 Å². The Morgan fingerprint density at radius 2 is 1.79 bits per heavy atom. The lowest BCUT2D eigenvalue weighted by molar-refractivity contribution is -0.384. The molecule has 9 nitrogen and oxygen atoms in total. The second kappa shape index (κ2) is 9.48. The fourth-order valence-electron chi connectivity index (χ4n) is 5.66. The van der Waals surface area contributed by atoms with Gasteiger partial charge in [0.1, 0.15) is 11.8 Å². The number of esters is 1. The van der Waals surface area contributed by atoms with Crippen molar-refractivity contribution in [1.29, 1.82) is 5.26 Å². The Hall–Kier alpha value is -4.97. The average molecular weight is 510 g/mol. The van der Waals surface area contributed by atoms with Crippen molar-refractivity contribution in [2.75, 3.05) is 19.1 Å². The first-order valence-corrected chi connectivity index (χ1v) is 11.8. The number of fused-ring (bicyclic) bond motifs is 3. The van der Waals surface area contributed by atoms with E-state index in [4.69, 9.17) is 9.47 Å². The second-order valence-electron chi connectivity index (χ2n) is 9.11. The number of rotatable bonds is 6. The van der Waals surface area contributed by atoms with Gasteiger partial charge in [0.15, 0.2) is 11.2 Å². The van der Waals surface area contributed by atoms with Crippen LogP contribution in [0.2, 0.25) is 0 Å². The molecule has 0 aromatic heterocycles. The Kier molecular flexibility index (Phi) is 6.17. The van der Waals surface area contributed by atoms with Crippen LogP contribution in [-0.4, -0.2) is 43.0 Å². The molecule has 0 aliphatic carbocycles. The molecule has 190 valence electrons. The van der Waals surface area contributed by atoms with Gasteiger partial charge in [-0.25, -0.2) is 0 Å². The van der Waals surface area contributed by atoms with E-state index in [-0.39, 0.29) is 11.3 Å². The first-order valence-electron chi connectivity index (χ1n) is 11.8. The number of para-hydroxylation sites is 1. The number of Topliss-reactive ketones (excluding diaryl/α,β-unsaturated/α-hetero) is 1. The number of ketones is 1. The summed E-state index contributed by atoms with van der Waals surface area (Å²) in [6.07, 6.45) is 3.58. The third-order valence-corrected chi connectivity index (χ3v) is 7.34. The van der Waals surface area contributed by atoms with Crippen LogP contribution in [0.3, 0.4) is 0 Å². The number of nitrogens with zero attached hydrogens (tertiary/aromatic N) is 3. The van der Waals surface area contributed by atoms with Crippen molar-refractivity contribution >= 4 is 29.2 Å². The maximum atomic E-state index is 14.3. The number of carbonyl (C=O) groups is 2. The van der Waals surface area contributed by atoms with Gasteiger partial charge in [-0.2, -0.15) is 5.26 Å². The second-order valence-corrected chi connectivity index (χ2v) is 9.11. The molecular formula is C29H23N3O6. The van der Waals surface area contributed by atoms with Gasteiger partial charge in [-0.15, -0.1) is 0 Å². The zero-order chi connectivity index (χ0) is 27.0. The lowest BCUT2D eigenvalue weighted by atomic mass is 9.68. The van der Waals surface area contributed by atoms with E-state index < -0.39 is 40.1 Å². The van der Waals surface area contributed by atoms with Crippen molar-refractivity contribution in [3.8, 4) is 11.8 Å². The van der Waals surface area contributed by atoms with Gasteiger partial charge in [0.2, 0.25) is 0 Å². The molecule has 38 heavy (non-hydrogen) atoms. The van der Waals surface area contributed by atoms with Crippen LogP contribution in [-0.2, 0) is 9.53 Å². The number of nitro benzene ring substituents is 1. The fourth-order valence-corrected chi connectivity index (χ4v) is 5.66. The third-order valence-electron chi connectivity index (χ3n) is 7.34. The molecule has 2 heterocycles. The summed E-state index contributed by atoms with van der Waals surface area (Å²) in [5.74, 6) is -1.63. The van der Waals surface area contributed by atoms with E-state index in [9.17, 15) is 25.0 Å². The highest BCUT2D eigenvalue weighted by atomic mass is 16.6. The van der Waals surface area contributed by atoms with E-state index in [2.05, 4.69) is 6.07 Å². The molecule has 3 aromatic rings. The van der Waals surface area contributed by atoms with Gasteiger partial charge in [0.05, 0.1) is 31.3 Å². The highest BCUT2D eigenvalue weighted by Gasteiger charge is 2.67. The highest BCUT2D eigenvalue weighted by molar-refractivity contribution is 6.06. The van der Waals surface area contributed by atoms with E-state index in [1.165, 1.54) is 38.5 Å². The van der Waals surface area contributed by atoms with Gasteiger partial charge in [0, 0.05) is 29.3 Å². The molecule has 0 bridgehead atoms. The quantitative estimate of drug-likeness (QED) is 0.205. The Labute approximate surface area is 218 Å². The minimum atomic E-state index is -1.80. The van der Waals surface area contributed by atoms with Crippen molar-refractivity contribution in [3.63, 3.8) is 0 Å². The minimum Gasteiger partial charge on any atom is -0.497 e. The predicted molar refractivity (Wildman–Crippen MR) is 139 cm³/mol. The maximum Gasteiger partial charge on any atom is 0.329 e. The molecule has 4 atom stereocenters. The number of anilines is 1. The van der Waals surface area contributed by atoms with Crippen LogP contribution in [0.25, 0.3) is 6.08 Å². The lowest BCUT2D eigenvalue weighted by Gasteiger charge is -2.36. The van der Waals surface area contributed by atoms with E-state index in [1.807, 2.05) is 30.3 Å². The lowest BCUT2D eigenvalue weighted by Crippen LogP contribution is -2.46. The van der Waals surface area contributed by atoms with E-state index in [1.54, 1.807) is 35.2 Å². The Balaban J connectivity index is 1.80. The zero-order valence-corrected chi connectivity index (χ0v) is 20.6. The number of ether oxygens (including phenoxy) is 2. The monoisotopic (exact) mass is 509 g/mol. The summed E-state index contributed by atoms with van der Waals surface area (Å²) in [4.78, 5) is 40.6. The largest absolute Gasteiger partial charge is 0.497 e. The molecule has 5 rings (SSSR count). The molecule has 1 saturated heterocycles. The summed E-state index contributed by atoms with van der Waals surface area (Å²) in [5.41, 5.74) is 0.115. The molecule has 0 saturated carbocycles. The number of hydrogen-bond acceptors (Lipinski definition) is 8. The van der Waals surface area contributed by atoms with E-state index >= 15 is 0 Å². The summed E-state index contributed by atoms with van der Waals surface area (Å²) >= 11 is 0. The first kappa shape index (κ1) is 24.7. The summed E-state index contributed by atoms with van der Waals surface area (Å²) in [6.45, 7) is 0. The van der Waals surface area contributed by atoms with Crippen LogP contribution in [0.1, 0.15) is 27.4 Å². The van der Waals surface area contributed by atoms with Gasteiger partial charge in [-0.05, 0) is 29.3 Å². The van der Waals surface area contributed by atoms with Crippen LogP contribution < -0.4 is 9.64 Å². The number of benzene rings is 3. The van der Waals surface area contributed by atoms with Crippen LogP contribution >= 0.6 is 0 Å². The maximum absolute atomic E-state index is 14.3. The van der Waals surface area contributed by atoms with Crippen molar-refractivity contribution in [2.24, 2.45) is 5.41 Å². The highest BCUT2D eigenvalue weighted by Crippen LogP contribution is 2.56. The first-order chi connectivity index (χ1) is 18.4. The SMILES string of the molecule is COC(=O)[C@]1(C#N)C2C=Cc3ccccc3N2[C@H](C(=O)c2cccc([N+](=O)[O-])c2)[C@H]1c1ccc(OC)cc1. The molecule has 0 radical (unpaired) electrons. The van der Waals surface area contributed by atoms with Crippen LogP contribution in [0.5, 0.6) is 5.75 Å². The summed E-state index contributed by atoms with van der Waals surface area (Å²) in [7, 11) is 2.74. The zero-order valence-electron chi connectivity index (χ0n) is 20.6. The van der Waals surface area contributed by atoms with Crippen molar-refractivity contribution in [1.82, 2.24) is 0 Å². The van der Waals surface area contributed by atoms with Crippen molar-refractivity contribution in [2.45, 2.75) is 18.0 Å². The molecule has 3 aromatic carbocycles. The summed E-state index contributed by atoms with van der Waals surface area (Å²) in [6, 6.07) is 20.1. The molecule has 0 amide bonds. The Morgan fingerprint density at radius 1 is 1.05 bits per heavy atom. The van der Waals surface area contributed by atoms with Gasteiger partial charge in [-0.1, -0.05) is 54.6 Å². The number of non-ortho nitro benzene ring substituents is 1. The number of nitro groups is 1. The topological polar surface area (TPSA) is 123 Å². The smallest absolute Gasteiger partial charge is 0.329 e. The fraction of sp³-hybridized carbons (Fsp3) is 0.207. The minimum absolute atomic E-state index is 0.104. The summed E-state index contributed by atoms with van der Waals surface area (Å²) in [5, 5.41) is 22.2. The standard InChI is InChI=1S/C29H23N3O6/c1-37-22-13-10-19(11-14-22)25-26(27(33)20-7-5-8-21(16-20)32(35)36)31-23-9-4-3-6-18(23)12-15-24(31)29(25,17-30)28(34)38-2/h3-16,24-26H,1-2H3/t24?,25-,26+,29-/m1/s1. The van der Waals surface area contributed by atoms with Crippen LogP contribution in [0, 0.1) is 26.9 Å². The van der Waals surface area contributed by atoms with E-state index in [0.717, 1.165) is 5.56 Å². The average Bonchev–Trinajstić information content (AvgIpc) is 3.28. The van der Waals surface area contributed by atoms with Crippen molar-refractivity contribution in [3.05, 3.63) is 106 Å². The molecular weight excluding hydrogens is 486 g/mol. The number of carbonyl (C=O) groups excluding carboxylic acids is 2. The number of hydrogen-bond donors (Lipinski definition) is 0. The van der Waals surface area contributed by atoms with Gasteiger partial charge < -0.3 is 14.4 Å². The van der Waals surface area contributed by atoms with Crippen molar-refractivity contribution < 1.29 is 24.0 Å².